The van der Waals surface area contributed by atoms with Gasteiger partial charge in [-0.15, -0.1) is 0 Å². The summed E-state index contributed by atoms with van der Waals surface area (Å²) in [5.74, 6) is -0.373. The standard InChI is InChI=1S/C27H31F4N5O4/c1-14-9-16(40-25-18(27(29,30)31)3-2-6-32-25)4-8-35(14)22(38)13-36-20-11-15-10-17(15)23(20)24(33-36)26(39)34-7-5-21(37)19(28)12-34/h2-3,6,14-17,19,21,37H,4-5,7-13H2,1H3/t14-,15+,16+,17+,19-,21+/m0/s1. The number of rotatable bonds is 5. The third-order valence-electron chi connectivity index (χ3n) is 8.63. The van der Waals surface area contributed by atoms with Gasteiger partial charge in [-0.1, -0.05) is 0 Å². The van der Waals surface area contributed by atoms with Crippen LogP contribution in [0.3, 0.4) is 0 Å². The minimum atomic E-state index is -4.58. The van der Waals surface area contributed by atoms with Crippen LogP contribution in [0, 0.1) is 5.92 Å². The molecule has 4 heterocycles. The third kappa shape index (κ3) is 4.92. The van der Waals surface area contributed by atoms with Crippen molar-refractivity contribution in [3.8, 4) is 5.88 Å². The Labute approximate surface area is 228 Å². The number of aromatic nitrogens is 3. The first-order valence-corrected chi connectivity index (χ1v) is 13.7. The van der Waals surface area contributed by atoms with Crippen LogP contribution in [-0.2, 0) is 23.9 Å². The molecule has 0 aromatic carbocycles. The highest BCUT2D eigenvalue weighted by Gasteiger charge is 2.51. The van der Waals surface area contributed by atoms with E-state index in [1.54, 1.807) is 9.58 Å². The van der Waals surface area contributed by atoms with Crippen LogP contribution in [0.5, 0.6) is 5.88 Å². The Hall–Kier alpha value is -3.22. The fourth-order valence-electron chi connectivity index (χ4n) is 6.39. The lowest BCUT2D eigenvalue weighted by molar-refractivity contribution is -0.140. The molecule has 13 heteroatoms. The number of piperidine rings is 2. The van der Waals surface area contributed by atoms with Crippen molar-refractivity contribution in [3.63, 3.8) is 0 Å². The summed E-state index contributed by atoms with van der Waals surface area (Å²) in [6.45, 7) is 2.12. The Bertz CT molecular complexity index is 1320. The predicted octanol–water partition coefficient (Wildman–Crippen LogP) is 2.96. The summed E-state index contributed by atoms with van der Waals surface area (Å²) in [5, 5.41) is 14.2. The Morgan fingerprint density at radius 2 is 2.00 bits per heavy atom. The van der Waals surface area contributed by atoms with Crippen LogP contribution >= 0.6 is 0 Å². The second-order valence-corrected chi connectivity index (χ2v) is 11.4. The summed E-state index contributed by atoms with van der Waals surface area (Å²) >= 11 is 0. The summed E-state index contributed by atoms with van der Waals surface area (Å²) in [6.07, 6.45) is -3.89. The highest BCUT2D eigenvalue weighted by molar-refractivity contribution is 5.95. The SMILES string of the molecule is C[C@H]1C[C@H](Oc2ncccc2C(F)(F)F)CCN1C(=O)Cn1nc(C(=O)N2CC[C@@H](O)[C@@H](F)C2)c2c1C[C@H]1C[C@@H]21. The highest BCUT2D eigenvalue weighted by atomic mass is 19.4. The number of fused-ring (bicyclic) bond motifs is 3. The largest absolute Gasteiger partial charge is 0.474 e. The average molecular weight is 566 g/mol. The third-order valence-corrected chi connectivity index (χ3v) is 8.63. The Morgan fingerprint density at radius 3 is 2.73 bits per heavy atom. The zero-order valence-corrected chi connectivity index (χ0v) is 22.0. The van der Waals surface area contributed by atoms with Crippen molar-refractivity contribution >= 4 is 11.8 Å². The van der Waals surface area contributed by atoms with E-state index in [0.29, 0.717) is 25.3 Å². The number of ether oxygens (including phenoxy) is 1. The minimum absolute atomic E-state index is 0.0617. The molecule has 40 heavy (non-hydrogen) atoms. The number of carbonyl (C=O) groups excluding carboxylic acids is 2. The van der Waals surface area contributed by atoms with Crippen molar-refractivity contribution in [3.05, 3.63) is 40.8 Å². The van der Waals surface area contributed by atoms with Crippen molar-refractivity contribution in [1.82, 2.24) is 24.6 Å². The van der Waals surface area contributed by atoms with Gasteiger partial charge in [0.2, 0.25) is 11.8 Å². The van der Waals surface area contributed by atoms with Crippen molar-refractivity contribution < 1.29 is 37.0 Å². The first kappa shape index (κ1) is 27.0. The maximum atomic E-state index is 14.1. The van der Waals surface area contributed by atoms with E-state index in [9.17, 15) is 32.3 Å². The lowest BCUT2D eigenvalue weighted by Crippen LogP contribution is -2.48. The van der Waals surface area contributed by atoms with Gasteiger partial charge in [0.05, 0.1) is 12.6 Å². The van der Waals surface area contributed by atoms with Gasteiger partial charge in [-0.2, -0.15) is 18.3 Å². The summed E-state index contributed by atoms with van der Waals surface area (Å²) in [6, 6.07) is 1.85. The molecule has 2 amide bonds. The Morgan fingerprint density at radius 1 is 1.20 bits per heavy atom. The lowest BCUT2D eigenvalue weighted by Gasteiger charge is -2.37. The molecule has 9 nitrogen and oxygen atoms in total. The Kier molecular flexibility index (Phi) is 6.75. The molecule has 2 aromatic rings. The molecule has 2 saturated heterocycles. The lowest BCUT2D eigenvalue weighted by atomic mass is 10.0. The van der Waals surface area contributed by atoms with E-state index in [-0.39, 0.29) is 55.5 Å². The number of nitrogens with zero attached hydrogens (tertiary/aromatic N) is 5. The first-order chi connectivity index (χ1) is 19.0. The number of likely N-dealkylation sites (tertiary alicyclic amines) is 2. The molecule has 216 valence electrons. The van der Waals surface area contributed by atoms with Crippen molar-refractivity contribution in [2.24, 2.45) is 5.92 Å². The number of hydrogen-bond donors (Lipinski definition) is 1. The topological polar surface area (TPSA) is 101 Å². The van der Waals surface area contributed by atoms with Crippen molar-refractivity contribution in [2.75, 3.05) is 19.6 Å². The van der Waals surface area contributed by atoms with Crippen LogP contribution in [0.15, 0.2) is 18.3 Å². The summed E-state index contributed by atoms with van der Waals surface area (Å²) < 4.78 is 61.4. The van der Waals surface area contributed by atoms with Crippen LogP contribution in [-0.4, -0.2) is 85.5 Å². The molecule has 6 rings (SSSR count). The van der Waals surface area contributed by atoms with Crippen LogP contribution in [0.25, 0.3) is 0 Å². The quantitative estimate of drug-likeness (QED) is 0.560. The van der Waals surface area contributed by atoms with Gasteiger partial charge in [0, 0.05) is 49.4 Å². The fourth-order valence-corrected chi connectivity index (χ4v) is 6.39. The molecule has 6 atom stereocenters. The molecule has 1 saturated carbocycles. The molecular weight excluding hydrogens is 534 g/mol. The van der Waals surface area contributed by atoms with E-state index in [4.69, 9.17) is 4.74 Å². The van der Waals surface area contributed by atoms with E-state index in [2.05, 4.69) is 10.1 Å². The number of amides is 2. The zero-order chi connectivity index (χ0) is 28.3. The van der Waals surface area contributed by atoms with Crippen LogP contribution in [0.4, 0.5) is 17.6 Å². The number of alkyl halides is 4. The van der Waals surface area contributed by atoms with Gasteiger partial charge in [0.25, 0.3) is 5.91 Å². The van der Waals surface area contributed by atoms with Crippen molar-refractivity contribution in [1.29, 1.82) is 0 Å². The van der Waals surface area contributed by atoms with Crippen LogP contribution < -0.4 is 4.74 Å². The maximum Gasteiger partial charge on any atom is 0.421 e. The number of halogens is 4. The smallest absolute Gasteiger partial charge is 0.421 e. The summed E-state index contributed by atoms with van der Waals surface area (Å²) in [4.78, 5) is 33.5. The van der Waals surface area contributed by atoms with E-state index in [1.165, 1.54) is 17.2 Å². The molecular formula is C27H31F4N5O4. The number of carbonyl (C=O) groups is 2. The molecule has 0 unspecified atom stereocenters. The average Bonchev–Trinajstić information content (AvgIpc) is 3.43. The van der Waals surface area contributed by atoms with Crippen LogP contribution in [0.1, 0.15) is 65.8 Å². The molecule has 4 aliphatic rings. The number of aliphatic hydroxyl groups excluding tert-OH is 1. The van der Waals surface area contributed by atoms with E-state index >= 15 is 0 Å². The van der Waals surface area contributed by atoms with Gasteiger partial charge in [-0.25, -0.2) is 9.37 Å². The molecule has 1 N–H and O–H groups in total. The molecule has 0 bridgehead atoms. The number of pyridine rings is 1. The van der Waals surface area contributed by atoms with Gasteiger partial charge in [-0.3, -0.25) is 14.3 Å². The molecule has 2 aliphatic carbocycles. The molecule has 2 aliphatic heterocycles. The monoisotopic (exact) mass is 565 g/mol. The second-order valence-electron chi connectivity index (χ2n) is 11.4. The summed E-state index contributed by atoms with van der Waals surface area (Å²) in [7, 11) is 0. The van der Waals surface area contributed by atoms with Gasteiger partial charge < -0.3 is 19.6 Å². The number of aliphatic hydroxyl groups is 1. The maximum absolute atomic E-state index is 14.1. The molecule has 0 spiro atoms. The van der Waals surface area contributed by atoms with Gasteiger partial charge in [0.1, 0.15) is 24.4 Å². The van der Waals surface area contributed by atoms with Gasteiger partial charge >= 0.3 is 6.18 Å². The van der Waals surface area contributed by atoms with Gasteiger partial charge in [-0.05, 0) is 50.2 Å². The van der Waals surface area contributed by atoms with E-state index < -0.39 is 36.0 Å². The first-order valence-electron chi connectivity index (χ1n) is 13.7. The van der Waals surface area contributed by atoms with Crippen molar-refractivity contribution in [2.45, 2.75) is 82.1 Å². The molecule has 2 aromatic heterocycles. The van der Waals surface area contributed by atoms with Crippen LogP contribution in [0.2, 0.25) is 0 Å². The van der Waals surface area contributed by atoms with E-state index in [1.807, 2.05) is 6.92 Å². The summed E-state index contributed by atoms with van der Waals surface area (Å²) in [5.41, 5.74) is 1.07. The zero-order valence-electron chi connectivity index (χ0n) is 22.0. The normalized spacial score (nSPS) is 29.6. The van der Waals surface area contributed by atoms with E-state index in [0.717, 1.165) is 30.2 Å². The minimum Gasteiger partial charge on any atom is -0.474 e. The second kappa shape index (κ2) is 10.0. The number of hydrogen-bond acceptors (Lipinski definition) is 6. The fraction of sp³-hybridized carbons (Fsp3) is 0.630. The predicted molar refractivity (Wildman–Crippen MR) is 132 cm³/mol. The highest BCUT2D eigenvalue weighted by Crippen LogP contribution is 2.57. The molecule has 0 radical (unpaired) electrons. The molecule has 3 fully saturated rings. The van der Waals surface area contributed by atoms with Gasteiger partial charge in [0.15, 0.2) is 5.69 Å². The Balaban J connectivity index is 1.13.